The largest absolute Gasteiger partial charge is 0.479 e. The predicted octanol–water partition coefficient (Wildman–Crippen LogP) is 3.60. The number of nitrogens with one attached hydrogen (secondary N) is 2. The van der Waals surface area contributed by atoms with Crippen molar-refractivity contribution in [3.8, 4) is 0 Å². The number of amides is 1. The maximum atomic E-state index is 13.3. The van der Waals surface area contributed by atoms with Crippen molar-refractivity contribution in [2.75, 3.05) is 0 Å². The number of rotatable bonds is 3. The van der Waals surface area contributed by atoms with Crippen LogP contribution >= 0.6 is 11.8 Å². The molecule has 1 atom stereocenters. The van der Waals surface area contributed by atoms with E-state index in [-0.39, 0.29) is 5.03 Å². The number of hydrogen-bond donors (Lipinski definition) is 3. The van der Waals surface area contributed by atoms with Crippen molar-refractivity contribution >= 4 is 23.8 Å². The molecule has 1 aliphatic heterocycles. The summed E-state index contributed by atoms with van der Waals surface area (Å²) in [7, 11) is 0. The van der Waals surface area contributed by atoms with Crippen LogP contribution in [0.4, 0.5) is 18.0 Å². The van der Waals surface area contributed by atoms with Gasteiger partial charge in [0.05, 0.1) is 10.6 Å². The molecule has 1 aromatic carbocycles. The fraction of sp³-hybridized carbons (Fsp3) is 0.375. The lowest BCUT2D eigenvalue weighted by Crippen LogP contribution is -2.43. The second kappa shape index (κ2) is 6.75. The van der Waals surface area contributed by atoms with Gasteiger partial charge in [-0.3, -0.25) is 5.32 Å². The molecule has 0 aliphatic carbocycles. The Morgan fingerprint density at radius 2 is 1.85 bits per heavy atom. The molecule has 0 fully saturated rings. The molecule has 0 saturated carbocycles. The van der Waals surface area contributed by atoms with Crippen LogP contribution in [-0.4, -0.2) is 22.8 Å². The van der Waals surface area contributed by atoms with Gasteiger partial charge in [0, 0.05) is 11.8 Å². The third kappa shape index (κ3) is 4.24. The van der Waals surface area contributed by atoms with Gasteiger partial charge in [0.15, 0.2) is 0 Å². The van der Waals surface area contributed by atoms with E-state index in [4.69, 9.17) is 4.74 Å². The first-order chi connectivity index (χ1) is 11.8. The van der Waals surface area contributed by atoms with Gasteiger partial charge >= 0.3 is 18.2 Å². The molecule has 1 aromatic rings. The molecule has 10 heteroatoms. The Bertz CT molecular complexity index is 759. The van der Waals surface area contributed by atoms with Crippen molar-refractivity contribution in [1.82, 2.24) is 10.6 Å². The number of ether oxygens (including phenoxy) is 1. The summed E-state index contributed by atoms with van der Waals surface area (Å²) in [6.45, 7) is 4.92. The molecule has 0 bridgehead atoms. The summed E-state index contributed by atoms with van der Waals surface area (Å²) >= 11 is 0.542. The highest BCUT2D eigenvalue weighted by molar-refractivity contribution is 8.04. The second-order valence-electron chi connectivity index (χ2n) is 6.41. The molecular formula is C16H17F3N2O4S. The Morgan fingerprint density at radius 3 is 2.38 bits per heavy atom. The molecule has 142 valence electrons. The van der Waals surface area contributed by atoms with Gasteiger partial charge in [0.1, 0.15) is 5.60 Å². The lowest BCUT2D eigenvalue weighted by Gasteiger charge is -2.28. The van der Waals surface area contributed by atoms with Crippen LogP contribution in [0.3, 0.4) is 0 Å². The number of benzene rings is 1. The van der Waals surface area contributed by atoms with E-state index in [9.17, 15) is 27.9 Å². The Hall–Kier alpha value is -2.36. The zero-order chi connectivity index (χ0) is 19.8. The summed E-state index contributed by atoms with van der Waals surface area (Å²) in [5, 5.41) is 14.4. The second-order valence-corrected chi connectivity index (χ2v) is 7.67. The van der Waals surface area contributed by atoms with Gasteiger partial charge in [-0.25, -0.2) is 9.59 Å². The van der Waals surface area contributed by atoms with Gasteiger partial charge in [0.2, 0.25) is 4.87 Å². The van der Waals surface area contributed by atoms with E-state index < -0.39 is 39.8 Å². The number of alkyl carbamates (subject to hydrolysis) is 1. The standard InChI is InChI=1S/C16H17F3N2O4S/c1-14(2,3)25-13(24)21-11-8-20-15(26-11,12(22)23)9-6-4-5-7-10(9)16(17,18)19/h4-8,20H,1-3H3,(H,21,24)(H,22,23). The van der Waals surface area contributed by atoms with Crippen molar-refractivity contribution in [3.05, 3.63) is 46.6 Å². The van der Waals surface area contributed by atoms with E-state index in [2.05, 4.69) is 10.6 Å². The Labute approximate surface area is 151 Å². The Balaban J connectivity index is 2.31. The minimum Gasteiger partial charge on any atom is -0.479 e. The quantitative estimate of drug-likeness (QED) is 0.731. The van der Waals surface area contributed by atoms with E-state index >= 15 is 0 Å². The molecule has 0 radical (unpaired) electrons. The molecular weight excluding hydrogens is 373 g/mol. The van der Waals surface area contributed by atoms with Gasteiger partial charge < -0.3 is 15.2 Å². The summed E-state index contributed by atoms with van der Waals surface area (Å²) in [6.07, 6.45) is -4.44. The van der Waals surface area contributed by atoms with Gasteiger partial charge in [-0.1, -0.05) is 30.0 Å². The third-order valence-corrected chi connectivity index (χ3v) is 4.47. The minimum atomic E-state index is -4.73. The fourth-order valence-electron chi connectivity index (χ4n) is 2.25. The molecule has 2 rings (SSSR count). The zero-order valence-electron chi connectivity index (χ0n) is 14.1. The highest BCUT2D eigenvalue weighted by Crippen LogP contribution is 2.46. The number of carbonyl (C=O) groups excluding carboxylic acids is 1. The molecule has 1 aliphatic rings. The minimum absolute atomic E-state index is 0.0265. The Morgan fingerprint density at radius 1 is 1.23 bits per heavy atom. The van der Waals surface area contributed by atoms with Gasteiger partial charge in [-0.2, -0.15) is 13.2 Å². The molecule has 1 heterocycles. The van der Waals surface area contributed by atoms with Crippen molar-refractivity contribution in [2.45, 2.75) is 37.4 Å². The zero-order valence-corrected chi connectivity index (χ0v) is 14.9. The summed E-state index contributed by atoms with van der Waals surface area (Å²) in [5.41, 5.74) is -2.33. The number of alkyl halides is 3. The van der Waals surface area contributed by atoms with Gasteiger partial charge in [0.25, 0.3) is 0 Å². The van der Waals surface area contributed by atoms with Gasteiger partial charge in [-0.05, 0) is 26.8 Å². The lowest BCUT2D eigenvalue weighted by molar-refractivity contribution is -0.143. The molecule has 0 aromatic heterocycles. The number of halogens is 3. The molecule has 26 heavy (non-hydrogen) atoms. The van der Waals surface area contributed by atoms with Crippen molar-refractivity contribution in [2.24, 2.45) is 0 Å². The van der Waals surface area contributed by atoms with Crippen LogP contribution in [0, 0.1) is 0 Å². The van der Waals surface area contributed by atoms with E-state index in [0.717, 1.165) is 18.3 Å². The topological polar surface area (TPSA) is 87.7 Å². The van der Waals surface area contributed by atoms with Crippen LogP contribution in [0.25, 0.3) is 0 Å². The lowest BCUT2D eigenvalue weighted by atomic mass is 9.99. The highest BCUT2D eigenvalue weighted by Gasteiger charge is 2.50. The molecule has 1 amide bonds. The number of hydrogen-bond acceptors (Lipinski definition) is 5. The smallest absolute Gasteiger partial charge is 0.416 e. The summed E-state index contributed by atoms with van der Waals surface area (Å²) in [4.78, 5) is 21.5. The van der Waals surface area contributed by atoms with E-state index in [0.29, 0.717) is 11.8 Å². The SMILES string of the molecule is CC(C)(C)OC(=O)NC1=CNC(C(=O)O)(c2ccccc2C(F)(F)F)S1. The van der Waals surface area contributed by atoms with Gasteiger partial charge in [-0.15, -0.1) is 0 Å². The maximum Gasteiger partial charge on any atom is 0.416 e. The first kappa shape index (κ1) is 20.0. The van der Waals surface area contributed by atoms with E-state index in [1.165, 1.54) is 12.1 Å². The number of carboxylic acids is 1. The predicted molar refractivity (Wildman–Crippen MR) is 88.9 cm³/mol. The summed E-state index contributed by atoms with van der Waals surface area (Å²) in [6, 6.07) is 4.38. The van der Waals surface area contributed by atoms with Crippen LogP contribution in [0.2, 0.25) is 0 Å². The molecule has 3 N–H and O–H groups in total. The van der Waals surface area contributed by atoms with Crippen molar-refractivity contribution in [3.63, 3.8) is 0 Å². The van der Waals surface area contributed by atoms with E-state index in [1.54, 1.807) is 20.8 Å². The van der Waals surface area contributed by atoms with Crippen LogP contribution in [0.15, 0.2) is 35.5 Å². The molecule has 0 saturated heterocycles. The monoisotopic (exact) mass is 390 g/mol. The first-order valence-corrected chi connectivity index (χ1v) is 8.24. The molecule has 1 unspecified atom stereocenters. The van der Waals surface area contributed by atoms with Crippen LogP contribution in [-0.2, 0) is 20.6 Å². The fourth-order valence-corrected chi connectivity index (χ4v) is 3.32. The third-order valence-electron chi connectivity index (χ3n) is 3.21. The van der Waals surface area contributed by atoms with Crippen LogP contribution in [0.5, 0.6) is 0 Å². The van der Waals surface area contributed by atoms with Crippen molar-refractivity contribution < 1.29 is 32.6 Å². The highest BCUT2D eigenvalue weighted by atomic mass is 32.2. The molecule has 0 spiro atoms. The molecule has 6 nitrogen and oxygen atoms in total. The number of carbonyl (C=O) groups is 2. The van der Waals surface area contributed by atoms with Crippen LogP contribution in [0.1, 0.15) is 31.9 Å². The van der Waals surface area contributed by atoms with E-state index in [1.807, 2.05) is 0 Å². The summed E-state index contributed by atoms with van der Waals surface area (Å²) < 4.78 is 44.9. The van der Waals surface area contributed by atoms with Crippen LogP contribution < -0.4 is 10.6 Å². The normalized spacial score (nSPS) is 20.2. The van der Waals surface area contributed by atoms with Crippen molar-refractivity contribution in [1.29, 1.82) is 0 Å². The average Bonchev–Trinajstić information content (AvgIpc) is 2.89. The number of aliphatic carboxylic acids is 1. The summed E-state index contributed by atoms with van der Waals surface area (Å²) in [5.74, 6) is -1.53. The maximum absolute atomic E-state index is 13.3. The number of carboxylic acid groups (broad SMARTS) is 1. The first-order valence-electron chi connectivity index (χ1n) is 7.42. The number of thioether (sulfide) groups is 1. The Kier molecular flexibility index (Phi) is 5.18. The average molecular weight is 390 g/mol.